The monoisotopic (exact) mass is 328 g/mol. The minimum atomic E-state index is -0.525. The van der Waals surface area contributed by atoms with Crippen molar-refractivity contribution in [2.24, 2.45) is 0 Å². The maximum atomic E-state index is 10.7. The van der Waals surface area contributed by atoms with Gasteiger partial charge in [-0.3, -0.25) is 15.2 Å². The highest BCUT2D eigenvalue weighted by molar-refractivity contribution is 6.39. The lowest BCUT2D eigenvalue weighted by Crippen LogP contribution is -2.04. The van der Waals surface area contributed by atoms with Crippen LogP contribution in [0.4, 0.5) is 11.4 Å². The molecule has 0 aliphatic carbocycles. The van der Waals surface area contributed by atoms with E-state index in [1.807, 2.05) is 6.92 Å². The molecule has 21 heavy (non-hydrogen) atoms. The SMILES string of the molecule is Cc1[nH]ncc1CCCNc1c(Cl)cc([N+](=O)[O-])cc1Cl. The quantitative estimate of drug-likeness (QED) is 0.477. The molecular formula is C13H14Cl2N4O2. The van der Waals surface area contributed by atoms with E-state index in [0.29, 0.717) is 12.2 Å². The van der Waals surface area contributed by atoms with Crippen molar-refractivity contribution in [3.8, 4) is 0 Å². The molecule has 0 radical (unpaired) electrons. The van der Waals surface area contributed by atoms with Crippen LogP contribution in [0.1, 0.15) is 17.7 Å². The molecular weight excluding hydrogens is 315 g/mol. The van der Waals surface area contributed by atoms with E-state index >= 15 is 0 Å². The summed E-state index contributed by atoms with van der Waals surface area (Å²) in [5.74, 6) is 0. The van der Waals surface area contributed by atoms with Crippen molar-refractivity contribution < 1.29 is 4.92 Å². The molecule has 6 nitrogen and oxygen atoms in total. The summed E-state index contributed by atoms with van der Waals surface area (Å²) in [6, 6.07) is 2.58. The highest BCUT2D eigenvalue weighted by atomic mass is 35.5. The predicted octanol–water partition coefficient (Wildman–Crippen LogP) is 3.98. The average molecular weight is 329 g/mol. The Morgan fingerprint density at radius 2 is 2.05 bits per heavy atom. The third kappa shape index (κ3) is 3.86. The summed E-state index contributed by atoms with van der Waals surface area (Å²) in [4.78, 5) is 10.2. The highest BCUT2D eigenvalue weighted by Crippen LogP contribution is 2.34. The molecule has 0 bridgehead atoms. The van der Waals surface area contributed by atoms with Crippen LogP contribution in [0.2, 0.25) is 10.0 Å². The molecule has 0 saturated heterocycles. The number of non-ortho nitro benzene ring substituents is 1. The van der Waals surface area contributed by atoms with Crippen LogP contribution >= 0.6 is 23.2 Å². The number of aromatic amines is 1. The van der Waals surface area contributed by atoms with E-state index in [-0.39, 0.29) is 15.7 Å². The molecule has 8 heteroatoms. The van der Waals surface area contributed by atoms with E-state index in [4.69, 9.17) is 23.2 Å². The van der Waals surface area contributed by atoms with Gasteiger partial charge in [-0.1, -0.05) is 23.2 Å². The van der Waals surface area contributed by atoms with Crippen LogP contribution in [0.3, 0.4) is 0 Å². The molecule has 0 aliphatic rings. The van der Waals surface area contributed by atoms with Gasteiger partial charge in [-0.2, -0.15) is 5.10 Å². The number of rotatable bonds is 6. The topological polar surface area (TPSA) is 83.8 Å². The van der Waals surface area contributed by atoms with Crippen molar-refractivity contribution in [3.63, 3.8) is 0 Å². The summed E-state index contributed by atoms with van der Waals surface area (Å²) in [6.07, 6.45) is 3.54. The van der Waals surface area contributed by atoms with Gasteiger partial charge >= 0.3 is 0 Å². The number of nitro benzene ring substituents is 1. The number of nitrogens with one attached hydrogen (secondary N) is 2. The third-order valence-electron chi connectivity index (χ3n) is 3.10. The van der Waals surface area contributed by atoms with Crippen molar-refractivity contribution in [1.29, 1.82) is 0 Å². The zero-order valence-electron chi connectivity index (χ0n) is 11.3. The third-order valence-corrected chi connectivity index (χ3v) is 3.69. The second kappa shape index (κ2) is 6.78. The fourth-order valence-electron chi connectivity index (χ4n) is 1.95. The summed E-state index contributed by atoms with van der Waals surface area (Å²) in [5.41, 5.74) is 2.62. The van der Waals surface area contributed by atoms with Gasteiger partial charge in [0.2, 0.25) is 0 Å². The van der Waals surface area contributed by atoms with Crippen LogP contribution in [-0.4, -0.2) is 21.7 Å². The van der Waals surface area contributed by atoms with Crippen molar-refractivity contribution in [2.45, 2.75) is 19.8 Å². The summed E-state index contributed by atoms with van der Waals surface area (Å²) in [7, 11) is 0. The zero-order valence-corrected chi connectivity index (χ0v) is 12.8. The first-order valence-corrected chi connectivity index (χ1v) is 7.10. The lowest BCUT2D eigenvalue weighted by atomic mass is 10.1. The van der Waals surface area contributed by atoms with Crippen molar-refractivity contribution in [2.75, 3.05) is 11.9 Å². The van der Waals surface area contributed by atoms with Gasteiger partial charge in [-0.15, -0.1) is 0 Å². The number of halogens is 2. The van der Waals surface area contributed by atoms with E-state index in [9.17, 15) is 10.1 Å². The number of hydrogen-bond acceptors (Lipinski definition) is 4. The molecule has 0 atom stereocenters. The van der Waals surface area contributed by atoms with E-state index < -0.39 is 4.92 Å². The Hall–Kier alpha value is -1.79. The Kier molecular flexibility index (Phi) is 5.03. The standard InChI is InChI=1S/C13H14Cl2N4O2/c1-8-9(7-17-18-8)3-2-4-16-13-11(14)5-10(19(20)21)6-12(13)15/h5-7,16H,2-4H2,1H3,(H,17,18). The van der Waals surface area contributed by atoms with Crippen LogP contribution in [-0.2, 0) is 6.42 Å². The number of H-pyrrole nitrogens is 1. The molecule has 0 unspecified atom stereocenters. The molecule has 0 fully saturated rings. The second-order valence-corrected chi connectivity index (χ2v) is 5.41. The fourth-order valence-corrected chi connectivity index (χ4v) is 2.56. The van der Waals surface area contributed by atoms with Crippen molar-refractivity contribution in [1.82, 2.24) is 10.2 Å². The first-order valence-electron chi connectivity index (χ1n) is 6.35. The number of nitro groups is 1. The minimum Gasteiger partial charge on any atom is -0.383 e. The lowest BCUT2D eigenvalue weighted by molar-refractivity contribution is -0.384. The van der Waals surface area contributed by atoms with Gasteiger partial charge in [0.15, 0.2) is 0 Å². The average Bonchev–Trinajstić information content (AvgIpc) is 2.82. The Balaban J connectivity index is 1.94. The van der Waals surface area contributed by atoms with Gasteiger partial charge in [0.25, 0.3) is 5.69 Å². The molecule has 0 aliphatic heterocycles. The van der Waals surface area contributed by atoms with E-state index in [1.54, 1.807) is 6.20 Å². The van der Waals surface area contributed by atoms with Gasteiger partial charge < -0.3 is 5.32 Å². The maximum Gasteiger partial charge on any atom is 0.272 e. The molecule has 0 saturated carbocycles. The number of hydrogen-bond donors (Lipinski definition) is 2. The molecule has 2 N–H and O–H groups in total. The van der Waals surface area contributed by atoms with E-state index in [1.165, 1.54) is 12.1 Å². The van der Waals surface area contributed by atoms with E-state index in [0.717, 1.165) is 24.1 Å². The number of aromatic nitrogens is 2. The number of aryl methyl sites for hydroxylation is 2. The smallest absolute Gasteiger partial charge is 0.272 e. The first kappa shape index (κ1) is 15.6. The zero-order chi connectivity index (χ0) is 15.4. The van der Waals surface area contributed by atoms with Gasteiger partial charge in [0, 0.05) is 24.4 Å². The minimum absolute atomic E-state index is 0.121. The van der Waals surface area contributed by atoms with Gasteiger partial charge in [0.05, 0.1) is 26.9 Å². The number of anilines is 1. The molecule has 2 rings (SSSR count). The van der Waals surface area contributed by atoms with E-state index in [2.05, 4.69) is 15.5 Å². The largest absolute Gasteiger partial charge is 0.383 e. The van der Waals surface area contributed by atoms with Crippen LogP contribution in [0.25, 0.3) is 0 Å². The Morgan fingerprint density at radius 1 is 1.38 bits per heavy atom. The van der Waals surface area contributed by atoms with Crippen LogP contribution in [0.15, 0.2) is 18.3 Å². The molecule has 0 spiro atoms. The summed E-state index contributed by atoms with van der Waals surface area (Å²) in [5, 5.41) is 21.1. The second-order valence-electron chi connectivity index (χ2n) is 4.59. The lowest BCUT2D eigenvalue weighted by Gasteiger charge is -2.10. The fraction of sp³-hybridized carbons (Fsp3) is 0.308. The molecule has 1 aromatic heterocycles. The molecule has 1 heterocycles. The number of benzene rings is 1. The Bertz CT molecular complexity index is 634. The highest BCUT2D eigenvalue weighted by Gasteiger charge is 2.14. The van der Waals surface area contributed by atoms with Crippen molar-refractivity contribution >= 4 is 34.6 Å². The molecule has 1 aromatic carbocycles. The first-order chi connectivity index (χ1) is 9.99. The predicted molar refractivity (Wildman–Crippen MR) is 83.3 cm³/mol. The maximum absolute atomic E-state index is 10.7. The summed E-state index contributed by atoms with van der Waals surface area (Å²) < 4.78 is 0. The van der Waals surface area contributed by atoms with Crippen LogP contribution < -0.4 is 5.32 Å². The molecule has 112 valence electrons. The van der Waals surface area contributed by atoms with Crippen LogP contribution in [0, 0.1) is 17.0 Å². The van der Waals surface area contributed by atoms with Gasteiger partial charge in [-0.25, -0.2) is 0 Å². The Labute approximate surface area is 131 Å². The summed E-state index contributed by atoms with van der Waals surface area (Å²) in [6.45, 7) is 2.63. The van der Waals surface area contributed by atoms with Crippen LogP contribution in [0.5, 0.6) is 0 Å². The molecule has 0 amide bonds. The normalized spacial score (nSPS) is 10.6. The van der Waals surface area contributed by atoms with Gasteiger partial charge in [0.1, 0.15) is 0 Å². The van der Waals surface area contributed by atoms with Gasteiger partial charge in [-0.05, 0) is 25.3 Å². The molecule has 2 aromatic rings. The van der Waals surface area contributed by atoms with Crippen molar-refractivity contribution in [3.05, 3.63) is 49.7 Å². The summed E-state index contributed by atoms with van der Waals surface area (Å²) >= 11 is 12.0. The number of nitrogens with zero attached hydrogens (tertiary/aromatic N) is 2. The Morgan fingerprint density at radius 3 is 2.57 bits per heavy atom.